The number of ether oxygens (including phenoxy) is 2. The molecule has 4 aromatic rings. The number of para-hydroxylation sites is 2. The molecule has 0 spiro atoms. The number of rotatable bonds is 5. The van der Waals surface area contributed by atoms with Gasteiger partial charge in [0.15, 0.2) is 11.5 Å². The summed E-state index contributed by atoms with van der Waals surface area (Å²) in [5, 5.41) is 4.54. The summed E-state index contributed by atoms with van der Waals surface area (Å²) in [6.45, 7) is 2.89. The van der Waals surface area contributed by atoms with Gasteiger partial charge in [-0.3, -0.25) is 9.48 Å². The number of hydrogen-bond acceptors (Lipinski definition) is 5. The standard InChI is InChI=1S/C23H23N5O3/c1-15-10-17(25-27(15)3)12-28(13-22-24-18-6-4-5-7-19(18)26(22)2)23(29)16-8-9-20-21(11-16)31-14-30-20/h4-11H,12-14H2,1-3H3. The monoisotopic (exact) mass is 417 g/mol. The Morgan fingerprint density at radius 3 is 2.65 bits per heavy atom. The molecular formula is C23H23N5O3. The Kier molecular flexibility index (Phi) is 4.62. The number of carbonyl (C=O) groups is 1. The third kappa shape index (κ3) is 3.50. The fourth-order valence-electron chi connectivity index (χ4n) is 3.83. The average Bonchev–Trinajstić information content (AvgIpc) is 3.45. The molecule has 8 nitrogen and oxygen atoms in total. The molecule has 8 heteroatoms. The zero-order valence-electron chi connectivity index (χ0n) is 17.7. The molecule has 0 unspecified atom stereocenters. The van der Waals surface area contributed by atoms with Gasteiger partial charge in [0.05, 0.1) is 29.8 Å². The van der Waals surface area contributed by atoms with Crippen molar-refractivity contribution in [2.75, 3.05) is 6.79 Å². The second-order valence-electron chi connectivity index (χ2n) is 7.71. The van der Waals surface area contributed by atoms with Crippen molar-refractivity contribution in [2.24, 2.45) is 14.1 Å². The molecule has 0 radical (unpaired) electrons. The van der Waals surface area contributed by atoms with Crippen LogP contribution in [0.1, 0.15) is 27.6 Å². The third-order valence-corrected chi connectivity index (χ3v) is 5.64. The Morgan fingerprint density at radius 1 is 1.06 bits per heavy atom. The van der Waals surface area contributed by atoms with E-state index in [1.807, 2.05) is 60.6 Å². The van der Waals surface area contributed by atoms with E-state index in [2.05, 4.69) is 5.10 Å². The smallest absolute Gasteiger partial charge is 0.254 e. The number of amides is 1. The highest BCUT2D eigenvalue weighted by atomic mass is 16.7. The number of imidazole rings is 1. The molecule has 0 aliphatic carbocycles. The molecule has 3 heterocycles. The maximum absolute atomic E-state index is 13.5. The summed E-state index contributed by atoms with van der Waals surface area (Å²) in [6, 6.07) is 15.2. The number of nitrogens with zero attached hydrogens (tertiary/aromatic N) is 5. The lowest BCUT2D eigenvalue weighted by Gasteiger charge is -2.22. The predicted octanol–water partition coefficient (Wildman–Crippen LogP) is 3.19. The number of hydrogen-bond donors (Lipinski definition) is 0. The average molecular weight is 417 g/mol. The topological polar surface area (TPSA) is 74.4 Å². The van der Waals surface area contributed by atoms with Crippen LogP contribution < -0.4 is 9.47 Å². The van der Waals surface area contributed by atoms with Crippen LogP contribution in [0.4, 0.5) is 0 Å². The number of aromatic nitrogens is 4. The highest BCUT2D eigenvalue weighted by Gasteiger charge is 2.23. The van der Waals surface area contributed by atoms with Gasteiger partial charge in [0.25, 0.3) is 5.91 Å². The van der Waals surface area contributed by atoms with Crippen molar-refractivity contribution < 1.29 is 14.3 Å². The van der Waals surface area contributed by atoms with E-state index < -0.39 is 0 Å². The summed E-state index contributed by atoms with van der Waals surface area (Å²) in [4.78, 5) is 20.0. The first-order valence-electron chi connectivity index (χ1n) is 10.1. The lowest BCUT2D eigenvalue weighted by atomic mass is 10.1. The van der Waals surface area contributed by atoms with Gasteiger partial charge in [0, 0.05) is 25.4 Å². The molecule has 1 aliphatic heterocycles. The molecule has 2 aromatic heterocycles. The van der Waals surface area contributed by atoms with E-state index in [9.17, 15) is 4.79 Å². The normalized spacial score (nSPS) is 12.5. The van der Waals surface area contributed by atoms with E-state index in [1.54, 1.807) is 23.1 Å². The van der Waals surface area contributed by atoms with Crippen molar-refractivity contribution in [2.45, 2.75) is 20.0 Å². The van der Waals surface area contributed by atoms with Crippen LogP contribution in [-0.4, -0.2) is 36.9 Å². The summed E-state index contributed by atoms with van der Waals surface area (Å²) in [5.41, 5.74) is 4.34. The second-order valence-corrected chi connectivity index (χ2v) is 7.71. The minimum atomic E-state index is -0.117. The minimum absolute atomic E-state index is 0.117. The maximum Gasteiger partial charge on any atom is 0.254 e. The summed E-state index contributed by atoms with van der Waals surface area (Å²) in [6.07, 6.45) is 0. The van der Waals surface area contributed by atoms with Crippen molar-refractivity contribution in [1.29, 1.82) is 0 Å². The first-order valence-corrected chi connectivity index (χ1v) is 10.1. The Hall–Kier alpha value is -3.81. The van der Waals surface area contributed by atoms with Gasteiger partial charge in [-0.05, 0) is 43.3 Å². The van der Waals surface area contributed by atoms with Gasteiger partial charge in [-0.25, -0.2) is 4.98 Å². The molecule has 0 saturated carbocycles. The van der Waals surface area contributed by atoms with Crippen molar-refractivity contribution in [3.05, 3.63) is 71.3 Å². The summed E-state index contributed by atoms with van der Waals surface area (Å²) < 4.78 is 14.7. The molecule has 0 fully saturated rings. The first-order chi connectivity index (χ1) is 15.0. The van der Waals surface area contributed by atoms with Crippen LogP contribution >= 0.6 is 0 Å². The number of aryl methyl sites for hydroxylation is 3. The molecule has 0 atom stereocenters. The Labute approximate surface area is 179 Å². The van der Waals surface area contributed by atoms with Gasteiger partial charge in [0.2, 0.25) is 6.79 Å². The number of fused-ring (bicyclic) bond motifs is 2. The van der Waals surface area contributed by atoms with Crippen LogP contribution in [0.15, 0.2) is 48.5 Å². The third-order valence-electron chi connectivity index (χ3n) is 5.64. The predicted molar refractivity (Wildman–Crippen MR) is 115 cm³/mol. The van der Waals surface area contributed by atoms with Crippen LogP contribution in [0.5, 0.6) is 11.5 Å². The van der Waals surface area contributed by atoms with Crippen molar-refractivity contribution >= 4 is 16.9 Å². The zero-order valence-corrected chi connectivity index (χ0v) is 17.7. The van der Waals surface area contributed by atoms with Crippen LogP contribution in [0, 0.1) is 6.92 Å². The Bertz CT molecular complexity index is 1270. The van der Waals surface area contributed by atoms with E-state index in [4.69, 9.17) is 14.5 Å². The molecule has 158 valence electrons. The van der Waals surface area contributed by atoms with Crippen LogP contribution in [0.3, 0.4) is 0 Å². The Balaban J connectivity index is 1.50. The van der Waals surface area contributed by atoms with Gasteiger partial charge < -0.3 is 18.9 Å². The van der Waals surface area contributed by atoms with E-state index in [1.165, 1.54) is 0 Å². The number of carbonyl (C=O) groups excluding carboxylic acids is 1. The minimum Gasteiger partial charge on any atom is -0.454 e. The molecular weight excluding hydrogens is 394 g/mol. The van der Waals surface area contributed by atoms with Gasteiger partial charge in [-0.15, -0.1) is 0 Å². The molecule has 0 saturated heterocycles. The van der Waals surface area contributed by atoms with E-state index in [0.717, 1.165) is 28.2 Å². The zero-order chi connectivity index (χ0) is 21.5. The lowest BCUT2D eigenvalue weighted by Crippen LogP contribution is -2.31. The summed E-state index contributed by atoms with van der Waals surface area (Å²) in [5.74, 6) is 1.93. The largest absolute Gasteiger partial charge is 0.454 e. The number of benzene rings is 2. The highest BCUT2D eigenvalue weighted by Crippen LogP contribution is 2.33. The van der Waals surface area contributed by atoms with Crippen molar-refractivity contribution in [3.8, 4) is 11.5 Å². The van der Waals surface area contributed by atoms with Gasteiger partial charge >= 0.3 is 0 Å². The molecule has 1 amide bonds. The van der Waals surface area contributed by atoms with Gasteiger partial charge in [0.1, 0.15) is 5.82 Å². The quantitative estimate of drug-likeness (QED) is 0.499. The van der Waals surface area contributed by atoms with Crippen LogP contribution in [0.2, 0.25) is 0 Å². The maximum atomic E-state index is 13.5. The van der Waals surface area contributed by atoms with Gasteiger partial charge in [-0.2, -0.15) is 5.10 Å². The lowest BCUT2D eigenvalue weighted by molar-refractivity contribution is 0.0721. The molecule has 0 N–H and O–H groups in total. The second kappa shape index (κ2) is 7.46. The van der Waals surface area contributed by atoms with Gasteiger partial charge in [-0.1, -0.05) is 12.1 Å². The van der Waals surface area contributed by atoms with Crippen LogP contribution in [-0.2, 0) is 27.2 Å². The van der Waals surface area contributed by atoms with E-state index in [0.29, 0.717) is 30.2 Å². The van der Waals surface area contributed by atoms with Crippen LogP contribution in [0.25, 0.3) is 11.0 Å². The van der Waals surface area contributed by atoms with Crippen molar-refractivity contribution in [3.63, 3.8) is 0 Å². The molecule has 31 heavy (non-hydrogen) atoms. The fraction of sp³-hybridized carbons (Fsp3) is 0.261. The SMILES string of the molecule is Cc1cc(CN(Cc2nc3ccccc3n2C)C(=O)c2ccc3c(c2)OCO3)nn1C. The van der Waals surface area contributed by atoms with Crippen molar-refractivity contribution in [1.82, 2.24) is 24.2 Å². The van der Waals surface area contributed by atoms with E-state index in [-0.39, 0.29) is 12.7 Å². The molecule has 1 aliphatic rings. The molecule has 5 rings (SSSR count). The first kappa shape index (κ1) is 19.2. The molecule has 2 aromatic carbocycles. The summed E-state index contributed by atoms with van der Waals surface area (Å²) in [7, 11) is 3.87. The molecule has 0 bridgehead atoms. The van der Waals surface area contributed by atoms with E-state index >= 15 is 0 Å². The highest BCUT2D eigenvalue weighted by molar-refractivity contribution is 5.95. The summed E-state index contributed by atoms with van der Waals surface area (Å²) >= 11 is 0. The Morgan fingerprint density at radius 2 is 1.87 bits per heavy atom. The fourth-order valence-corrected chi connectivity index (χ4v) is 3.83.